The van der Waals surface area contributed by atoms with Gasteiger partial charge in [0.1, 0.15) is 5.75 Å². The lowest BCUT2D eigenvalue weighted by molar-refractivity contribution is -0.155. The number of anilines is 1. The number of hydrogen-bond donors (Lipinski definition) is 1. The number of fused-ring (bicyclic) bond motifs is 1. The van der Waals surface area contributed by atoms with Crippen molar-refractivity contribution in [3.63, 3.8) is 0 Å². The molecule has 1 N–H and O–H groups in total. The van der Waals surface area contributed by atoms with Gasteiger partial charge in [0, 0.05) is 6.20 Å². The fourth-order valence-electron chi connectivity index (χ4n) is 2.79. The SMILES string of the molecule is C[C@H](OC(=O)COc1ccc2c(c1)CCC2)C(=O)Nc1ncc(Cl)cc1Cl. The summed E-state index contributed by atoms with van der Waals surface area (Å²) in [4.78, 5) is 28.0. The molecule has 1 aromatic carbocycles. The maximum absolute atomic E-state index is 12.1. The molecule has 27 heavy (non-hydrogen) atoms. The van der Waals surface area contributed by atoms with Crippen molar-refractivity contribution in [3.8, 4) is 5.75 Å². The number of amides is 1. The van der Waals surface area contributed by atoms with Crippen molar-refractivity contribution in [3.05, 3.63) is 51.6 Å². The van der Waals surface area contributed by atoms with E-state index in [1.165, 1.54) is 30.3 Å². The molecule has 0 spiro atoms. The van der Waals surface area contributed by atoms with E-state index < -0.39 is 18.0 Å². The first-order valence-corrected chi connectivity index (χ1v) is 9.24. The van der Waals surface area contributed by atoms with E-state index in [0.717, 1.165) is 19.3 Å². The molecule has 1 atom stereocenters. The number of rotatable bonds is 6. The Kier molecular flexibility index (Phi) is 6.19. The van der Waals surface area contributed by atoms with Crippen LogP contribution in [0.1, 0.15) is 24.5 Å². The van der Waals surface area contributed by atoms with Crippen LogP contribution in [0.3, 0.4) is 0 Å². The smallest absolute Gasteiger partial charge is 0.344 e. The number of nitrogens with zero attached hydrogens (tertiary/aromatic N) is 1. The van der Waals surface area contributed by atoms with Crippen LogP contribution in [0.2, 0.25) is 10.0 Å². The van der Waals surface area contributed by atoms with Crippen molar-refractivity contribution in [1.29, 1.82) is 0 Å². The molecule has 1 aliphatic carbocycles. The Labute approximate surface area is 166 Å². The summed E-state index contributed by atoms with van der Waals surface area (Å²) < 4.78 is 10.6. The second-order valence-electron chi connectivity index (χ2n) is 6.18. The van der Waals surface area contributed by atoms with Gasteiger partial charge in [-0.25, -0.2) is 9.78 Å². The average Bonchev–Trinajstić information content (AvgIpc) is 3.10. The normalized spacial score (nSPS) is 13.6. The summed E-state index contributed by atoms with van der Waals surface area (Å²) >= 11 is 11.7. The molecule has 2 aromatic rings. The summed E-state index contributed by atoms with van der Waals surface area (Å²) in [5.74, 6) is -0.448. The Hall–Kier alpha value is -2.31. The number of benzene rings is 1. The molecule has 1 amide bonds. The molecule has 1 aliphatic rings. The molecule has 1 aromatic heterocycles. The number of ether oxygens (including phenoxy) is 2. The van der Waals surface area contributed by atoms with Gasteiger partial charge in [-0.2, -0.15) is 0 Å². The highest BCUT2D eigenvalue weighted by atomic mass is 35.5. The first-order valence-electron chi connectivity index (χ1n) is 8.48. The maximum atomic E-state index is 12.1. The van der Waals surface area contributed by atoms with Gasteiger partial charge in [-0.05, 0) is 55.5 Å². The second kappa shape index (κ2) is 8.59. The molecule has 0 radical (unpaired) electrons. The number of pyridine rings is 1. The lowest BCUT2D eigenvalue weighted by Gasteiger charge is -2.14. The Morgan fingerprint density at radius 2 is 2.00 bits per heavy atom. The highest BCUT2D eigenvalue weighted by molar-refractivity contribution is 6.36. The summed E-state index contributed by atoms with van der Waals surface area (Å²) in [5.41, 5.74) is 2.57. The Balaban J connectivity index is 1.48. The van der Waals surface area contributed by atoms with Gasteiger partial charge in [0.2, 0.25) is 0 Å². The number of halogens is 2. The summed E-state index contributed by atoms with van der Waals surface area (Å²) in [6, 6.07) is 7.25. The molecule has 0 saturated carbocycles. The predicted octanol–water partition coefficient (Wildman–Crippen LogP) is 3.83. The van der Waals surface area contributed by atoms with E-state index in [1.807, 2.05) is 18.2 Å². The van der Waals surface area contributed by atoms with Crippen molar-refractivity contribution >= 4 is 40.9 Å². The van der Waals surface area contributed by atoms with Crippen LogP contribution in [-0.2, 0) is 27.2 Å². The summed E-state index contributed by atoms with van der Waals surface area (Å²) in [7, 11) is 0. The maximum Gasteiger partial charge on any atom is 0.344 e. The number of carbonyl (C=O) groups excluding carboxylic acids is 2. The minimum atomic E-state index is -1.03. The second-order valence-corrected chi connectivity index (χ2v) is 7.02. The Morgan fingerprint density at radius 3 is 2.78 bits per heavy atom. The fourth-order valence-corrected chi connectivity index (χ4v) is 3.22. The zero-order valence-electron chi connectivity index (χ0n) is 14.6. The van der Waals surface area contributed by atoms with Crippen LogP contribution < -0.4 is 10.1 Å². The quantitative estimate of drug-likeness (QED) is 0.734. The monoisotopic (exact) mass is 408 g/mol. The summed E-state index contributed by atoms with van der Waals surface area (Å²) in [5, 5.41) is 3.02. The Bertz CT molecular complexity index is 873. The first-order chi connectivity index (χ1) is 12.9. The molecule has 3 rings (SSSR count). The van der Waals surface area contributed by atoms with E-state index in [2.05, 4.69) is 10.3 Å². The highest BCUT2D eigenvalue weighted by Gasteiger charge is 2.20. The van der Waals surface area contributed by atoms with Gasteiger partial charge in [-0.3, -0.25) is 4.79 Å². The number of carbonyl (C=O) groups is 2. The van der Waals surface area contributed by atoms with Crippen molar-refractivity contribution in [2.45, 2.75) is 32.3 Å². The number of aryl methyl sites for hydroxylation is 2. The van der Waals surface area contributed by atoms with E-state index in [0.29, 0.717) is 10.8 Å². The molecule has 0 unspecified atom stereocenters. The van der Waals surface area contributed by atoms with E-state index in [9.17, 15) is 9.59 Å². The largest absolute Gasteiger partial charge is 0.482 e. The topological polar surface area (TPSA) is 77.5 Å². The molecule has 8 heteroatoms. The van der Waals surface area contributed by atoms with Crippen LogP contribution >= 0.6 is 23.2 Å². The third kappa shape index (κ3) is 5.11. The van der Waals surface area contributed by atoms with Crippen molar-refractivity contribution in [2.75, 3.05) is 11.9 Å². The minimum Gasteiger partial charge on any atom is -0.482 e. The molecule has 0 saturated heterocycles. The van der Waals surface area contributed by atoms with Gasteiger partial charge in [0.25, 0.3) is 5.91 Å². The fraction of sp³-hybridized carbons (Fsp3) is 0.316. The van der Waals surface area contributed by atoms with Crippen LogP contribution in [0.15, 0.2) is 30.5 Å². The number of esters is 1. The van der Waals surface area contributed by atoms with Gasteiger partial charge < -0.3 is 14.8 Å². The first kappa shape index (κ1) is 19.5. The highest BCUT2D eigenvalue weighted by Crippen LogP contribution is 2.26. The van der Waals surface area contributed by atoms with Crippen LogP contribution in [-0.4, -0.2) is 29.6 Å². The Morgan fingerprint density at radius 1 is 1.22 bits per heavy atom. The van der Waals surface area contributed by atoms with Gasteiger partial charge in [-0.15, -0.1) is 0 Å². The number of nitrogens with one attached hydrogen (secondary N) is 1. The molecule has 0 aliphatic heterocycles. The van der Waals surface area contributed by atoms with Crippen LogP contribution in [0.5, 0.6) is 5.75 Å². The van der Waals surface area contributed by atoms with Gasteiger partial charge in [0.15, 0.2) is 18.5 Å². The van der Waals surface area contributed by atoms with Gasteiger partial charge in [-0.1, -0.05) is 29.3 Å². The predicted molar refractivity (Wildman–Crippen MR) is 102 cm³/mol. The number of aromatic nitrogens is 1. The lowest BCUT2D eigenvalue weighted by atomic mass is 10.1. The van der Waals surface area contributed by atoms with Crippen LogP contribution in [0, 0.1) is 0 Å². The molecule has 1 heterocycles. The molecule has 0 bridgehead atoms. The van der Waals surface area contributed by atoms with Crippen molar-refractivity contribution in [1.82, 2.24) is 4.98 Å². The van der Waals surface area contributed by atoms with E-state index in [4.69, 9.17) is 32.7 Å². The van der Waals surface area contributed by atoms with E-state index in [-0.39, 0.29) is 17.4 Å². The third-order valence-electron chi connectivity index (χ3n) is 4.15. The molecule has 142 valence electrons. The minimum absolute atomic E-state index is 0.142. The van der Waals surface area contributed by atoms with Crippen LogP contribution in [0.4, 0.5) is 5.82 Å². The molecular weight excluding hydrogens is 391 g/mol. The van der Waals surface area contributed by atoms with Gasteiger partial charge >= 0.3 is 5.97 Å². The number of hydrogen-bond acceptors (Lipinski definition) is 5. The summed E-state index contributed by atoms with van der Waals surface area (Å²) in [6.45, 7) is 1.17. The van der Waals surface area contributed by atoms with E-state index in [1.54, 1.807) is 0 Å². The summed E-state index contributed by atoms with van der Waals surface area (Å²) in [6.07, 6.45) is 3.56. The molecule has 6 nitrogen and oxygen atoms in total. The van der Waals surface area contributed by atoms with Gasteiger partial charge in [0.05, 0.1) is 10.0 Å². The zero-order chi connectivity index (χ0) is 19.4. The lowest BCUT2D eigenvalue weighted by Crippen LogP contribution is -2.32. The van der Waals surface area contributed by atoms with Crippen molar-refractivity contribution in [2.24, 2.45) is 0 Å². The van der Waals surface area contributed by atoms with Crippen LogP contribution in [0.25, 0.3) is 0 Å². The third-order valence-corrected chi connectivity index (χ3v) is 4.65. The molecule has 0 fully saturated rings. The standard InChI is InChI=1S/C19H18Cl2N2O4/c1-11(19(25)23-18-16(21)8-14(20)9-22-18)27-17(24)10-26-15-6-5-12-3-2-4-13(12)7-15/h5-9,11H,2-4,10H2,1H3,(H,22,23,25)/t11-/m0/s1. The zero-order valence-corrected chi connectivity index (χ0v) is 16.1. The average molecular weight is 409 g/mol. The van der Waals surface area contributed by atoms with Crippen molar-refractivity contribution < 1.29 is 19.1 Å². The molecular formula is C19H18Cl2N2O4. The van der Waals surface area contributed by atoms with E-state index >= 15 is 0 Å².